The zero-order chi connectivity index (χ0) is 34.3. The van der Waals surface area contributed by atoms with E-state index in [0.29, 0.717) is 47.0 Å². The Morgan fingerprint density at radius 1 is 0.959 bits per heavy atom. The van der Waals surface area contributed by atoms with Gasteiger partial charge in [0.25, 0.3) is 5.56 Å². The number of carbonyl (C=O) groups is 1. The molecule has 6 rings (SSSR count). The Labute approximate surface area is 297 Å². The lowest BCUT2D eigenvalue weighted by atomic mass is 10.0. The van der Waals surface area contributed by atoms with Crippen LogP contribution in [0.4, 0.5) is 0 Å². The number of aromatic nitrogens is 4. The fraction of sp³-hybridized carbons (Fsp3) is 0.333. The Kier molecular flexibility index (Phi) is 11.3. The van der Waals surface area contributed by atoms with E-state index in [4.69, 9.17) is 11.6 Å². The van der Waals surface area contributed by atoms with Crippen molar-refractivity contribution in [2.75, 3.05) is 19.6 Å². The van der Waals surface area contributed by atoms with Crippen molar-refractivity contribution in [3.05, 3.63) is 135 Å². The Morgan fingerprint density at radius 3 is 2.33 bits per heavy atom. The third kappa shape index (κ3) is 9.09. The molecule has 254 valence electrons. The number of carbonyl (C=O) groups excluding carboxylic acids is 1. The quantitative estimate of drug-likeness (QED) is 0.0976. The van der Waals surface area contributed by atoms with Crippen molar-refractivity contribution in [1.82, 2.24) is 29.1 Å². The number of benzene rings is 3. The predicted molar refractivity (Wildman–Crippen MR) is 198 cm³/mol. The molecule has 5 aromatic rings. The minimum Gasteiger partial charge on any atom is -0.335 e. The smallest absolute Gasteiger partial charge is 0.277 e. The summed E-state index contributed by atoms with van der Waals surface area (Å²) in [5.74, 6) is 0.639. The van der Waals surface area contributed by atoms with E-state index >= 15 is 0 Å². The van der Waals surface area contributed by atoms with Gasteiger partial charge in [-0.25, -0.2) is 0 Å². The van der Waals surface area contributed by atoms with Gasteiger partial charge >= 0.3 is 0 Å². The number of likely N-dealkylation sites (tertiary alicyclic amines) is 1. The second-order valence-electron chi connectivity index (χ2n) is 12.9. The first kappa shape index (κ1) is 34.7. The van der Waals surface area contributed by atoms with Gasteiger partial charge in [-0.3, -0.25) is 19.2 Å². The van der Waals surface area contributed by atoms with Crippen molar-refractivity contribution in [1.29, 1.82) is 0 Å². The van der Waals surface area contributed by atoms with Gasteiger partial charge in [0.15, 0.2) is 5.16 Å². The van der Waals surface area contributed by atoms with Crippen LogP contribution in [0.3, 0.4) is 0 Å². The van der Waals surface area contributed by atoms with Gasteiger partial charge in [-0.05, 0) is 72.8 Å². The van der Waals surface area contributed by atoms with Gasteiger partial charge < -0.3 is 9.47 Å². The standard InChI is InChI=1S/C39H43ClN6O2S/c1-4-44-19-5-6-36(44)25-45(23-29-11-13-32(14-12-29)33-15-17-35(40)18-16-33)37(47)26-46-24-34(20-31-21-41-43(3)22-31)38(48)42-39(46)49-27-30-9-7-28(2)8-10-30/h7-18,21-22,24,36H,4-6,19-20,23,25-27H2,1-3H3. The number of amides is 1. The molecule has 1 aliphatic rings. The molecule has 0 N–H and O–H groups in total. The lowest BCUT2D eigenvalue weighted by molar-refractivity contribution is -0.133. The van der Waals surface area contributed by atoms with E-state index in [-0.39, 0.29) is 18.0 Å². The van der Waals surface area contributed by atoms with Gasteiger partial charge in [0.2, 0.25) is 5.91 Å². The minimum atomic E-state index is -0.277. The second kappa shape index (κ2) is 16.0. The van der Waals surface area contributed by atoms with Gasteiger partial charge in [0.05, 0.1) is 6.20 Å². The van der Waals surface area contributed by atoms with E-state index < -0.39 is 0 Å². The summed E-state index contributed by atoms with van der Waals surface area (Å²) < 4.78 is 3.59. The van der Waals surface area contributed by atoms with Gasteiger partial charge in [-0.15, -0.1) is 0 Å². The van der Waals surface area contributed by atoms with Crippen molar-refractivity contribution >= 4 is 29.3 Å². The molecule has 0 radical (unpaired) electrons. The first-order valence-corrected chi connectivity index (χ1v) is 18.2. The molecule has 1 unspecified atom stereocenters. The molecule has 3 heterocycles. The van der Waals surface area contributed by atoms with Gasteiger partial charge in [-0.2, -0.15) is 10.1 Å². The predicted octanol–water partition coefficient (Wildman–Crippen LogP) is 7.00. The summed E-state index contributed by atoms with van der Waals surface area (Å²) in [5.41, 5.74) is 6.77. The van der Waals surface area contributed by atoms with Crippen LogP contribution in [0.5, 0.6) is 0 Å². The molecule has 1 aliphatic heterocycles. The van der Waals surface area contributed by atoms with Crippen molar-refractivity contribution in [2.24, 2.45) is 7.05 Å². The van der Waals surface area contributed by atoms with Gasteiger partial charge in [-0.1, -0.05) is 96.5 Å². The summed E-state index contributed by atoms with van der Waals surface area (Å²) in [7, 11) is 1.85. The SMILES string of the molecule is CCN1CCCC1CN(Cc1ccc(-c2ccc(Cl)cc2)cc1)C(=O)Cn1cc(Cc2cnn(C)c2)c(=O)nc1SCc1ccc(C)cc1. The Morgan fingerprint density at radius 2 is 1.65 bits per heavy atom. The number of rotatable bonds is 13. The van der Waals surface area contributed by atoms with Crippen LogP contribution in [0.25, 0.3) is 11.1 Å². The Bertz CT molecular complexity index is 1920. The summed E-state index contributed by atoms with van der Waals surface area (Å²) in [6.45, 7) is 7.50. The van der Waals surface area contributed by atoms with Crippen molar-refractivity contribution in [3.63, 3.8) is 0 Å². The highest BCUT2D eigenvalue weighted by Gasteiger charge is 2.28. The average Bonchev–Trinajstić information content (AvgIpc) is 3.74. The first-order valence-electron chi connectivity index (χ1n) is 16.9. The molecule has 1 fully saturated rings. The van der Waals surface area contributed by atoms with Crippen molar-refractivity contribution in [2.45, 2.75) is 63.2 Å². The molecule has 0 bridgehead atoms. The number of hydrogen-bond donors (Lipinski definition) is 0. The molecule has 1 amide bonds. The number of nitrogens with zero attached hydrogens (tertiary/aromatic N) is 6. The fourth-order valence-electron chi connectivity index (χ4n) is 6.42. The number of hydrogen-bond acceptors (Lipinski definition) is 6. The summed E-state index contributed by atoms with van der Waals surface area (Å²) in [6.07, 6.45) is 8.09. The fourth-order valence-corrected chi connectivity index (χ4v) is 7.47. The van der Waals surface area contributed by atoms with E-state index in [0.717, 1.165) is 53.7 Å². The van der Waals surface area contributed by atoms with Crippen LogP contribution in [-0.4, -0.2) is 60.7 Å². The second-order valence-corrected chi connectivity index (χ2v) is 14.2. The lowest BCUT2D eigenvalue weighted by Crippen LogP contribution is -2.44. The third-order valence-electron chi connectivity index (χ3n) is 9.17. The van der Waals surface area contributed by atoms with Gasteiger partial charge in [0.1, 0.15) is 6.54 Å². The average molecular weight is 695 g/mol. The molecule has 3 aromatic carbocycles. The summed E-state index contributed by atoms with van der Waals surface area (Å²) >= 11 is 7.59. The molecule has 1 atom stereocenters. The van der Waals surface area contributed by atoms with E-state index in [9.17, 15) is 9.59 Å². The maximum absolute atomic E-state index is 14.4. The summed E-state index contributed by atoms with van der Waals surface area (Å²) in [4.78, 5) is 36.7. The van der Waals surface area contributed by atoms with E-state index in [1.54, 1.807) is 10.9 Å². The third-order valence-corrected chi connectivity index (χ3v) is 10.5. The van der Waals surface area contributed by atoms with Crippen LogP contribution in [-0.2, 0) is 37.1 Å². The highest BCUT2D eigenvalue weighted by atomic mass is 35.5. The molecule has 2 aromatic heterocycles. The normalized spacial score (nSPS) is 14.7. The van der Waals surface area contributed by atoms with Crippen molar-refractivity contribution < 1.29 is 4.79 Å². The Hall–Kier alpha value is -4.18. The molecule has 0 spiro atoms. The number of likely N-dealkylation sites (N-methyl/N-ethyl adjacent to an activating group) is 1. The number of halogens is 1. The van der Waals surface area contributed by atoms with Crippen LogP contribution in [0.1, 0.15) is 47.6 Å². The van der Waals surface area contributed by atoms with E-state index in [1.807, 2.05) is 53.2 Å². The minimum absolute atomic E-state index is 0.000284. The molecule has 1 saturated heterocycles. The Balaban J connectivity index is 1.27. The number of thioether (sulfide) groups is 1. The van der Waals surface area contributed by atoms with Crippen LogP contribution in [0, 0.1) is 6.92 Å². The van der Waals surface area contributed by atoms with E-state index in [2.05, 4.69) is 77.4 Å². The maximum atomic E-state index is 14.4. The first-order chi connectivity index (χ1) is 23.7. The molecular formula is C39H43ClN6O2S. The van der Waals surface area contributed by atoms with Crippen LogP contribution in [0.15, 0.2) is 101 Å². The van der Waals surface area contributed by atoms with Crippen LogP contribution >= 0.6 is 23.4 Å². The van der Waals surface area contributed by atoms with Crippen LogP contribution < -0.4 is 5.56 Å². The summed E-state index contributed by atoms with van der Waals surface area (Å²) in [6, 6.07) is 24.9. The zero-order valence-corrected chi connectivity index (χ0v) is 30.0. The largest absolute Gasteiger partial charge is 0.335 e. The zero-order valence-electron chi connectivity index (χ0n) is 28.4. The molecule has 49 heavy (non-hydrogen) atoms. The molecule has 0 aliphatic carbocycles. The topological polar surface area (TPSA) is 76.3 Å². The van der Waals surface area contributed by atoms with E-state index in [1.165, 1.54) is 17.3 Å². The number of aryl methyl sites for hydroxylation is 2. The molecule has 0 saturated carbocycles. The molecule has 10 heteroatoms. The van der Waals surface area contributed by atoms with Crippen molar-refractivity contribution in [3.8, 4) is 11.1 Å². The highest BCUT2D eigenvalue weighted by molar-refractivity contribution is 7.98. The monoisotopic (exact) mass is 694 g/mol. The maximum Gasteiger partial charge on any atom is 0.277 e. The lowest BCUT2D eigenvalue weighted by Gasteiger charge is -2.31. The van der Waals surface area contributed by atoms with Gasteiger partial charge in [0, 0.05) is 61.3 Å². The van der Waals surface area contributed by atoms with Crippen LogP contribution in [0.2, 0.25) is 5.02 Å². The molecular weight excluding hydrogens is 652 g/mol. The molecule has 8 nitrogen and oxygen atoms in total. The summed E-state index contributed by atoms with van der Waals surface area (Å²) in [5, 5.41) is 5.51. The highest BCUT2D eigenvalue weighted by Crippen LogP contribution is 2.25.